The third kappa shape index (κ3) is 5.17. The van der Waals surface area contributed by atoms with Gasteiger partial charge in [0.1, 0.15) is 0 Å². The van der Waals surface area contributed by atoms with Crippen LogP contribution in [-0.4, -0.2) is 18.0 Å². The van der Waals surface area contributed by atoms with Crippen LogP contribution in [0.3, 0.4) is 0 Å². The molecule has 0 unspecified atom stereocenters. The van der Waals surface area contributed by atoms with Gasteiger partial charge in [-0.15, -0.1) is 0 Å². The molecule has 80 valence electrons. The van der Waals surface area contributed by atoms with E-state index in [0.29, 0.717) is 0 Å². The molecule has 0 spiro atoms. The van der Waals surface area contributed by atoms with E-state index >= 15 is 0 Å². The maximum Gasteiger partial charge on any atom is 1.00 e. The molecular formula is C3H6Cl2Na2O6P2. The molecule has 0 heterocycles. The van der Waals surface area contributed by atoms with Gasteiger partial charge >= 0.3 is 66.7 Å². The number of alkyl halides is 2. The minimum absolute atomic E-state index is 0. The van der Waals surface area contributed by atoms with Crippen molar-refractivity contribution in [3.8, 4) is 0 Å². The Morgan fingerprint density at radius 1 is 1.07 bits per heavy atom. The fourth-order valence-electron chi connectivity index (χ4n) is 0.444. The van der Waals surface area contributed by atoms with Crippen molar-refractivity contribution < 1.29 is 87.1 Å². The molecule has 0 fully saturated rings. The normalized spacial score (nSPS) is 12.7. The van der Waals surface area contributed by atoms with Crippen molar-refractivity contribution in [2.75, 3.05) is 14.2 Å². The monoisotopic (exact) mass is 316 g/mol. The molecule has 0 saturated heterocycles. The third-order valence-electron chi connectivity index (χ3n) is 1.14. The zero-order chi connectivity index (χ0) is 10.9. The average molecular weight is 317 g/mol. The number of halogens is 2. The summed E-state index contributed by atoms with van der Waals surface area (Å²) in [6, 6.07) is 0. The quantitative estimate of drug-likeness (QED) is 0.291. The first-order valence-electron chi connectivity index (χ1n) is 2.74. The molecule has 0 saturated carbocycles. The Morgan fingerprint density at radius 3 is 1.40 bits per heavy atom. The Kier molecular flexibility index (Phi) is 12.5. The molecule has 0 rings (SSSR count). The second-order valence-corrected chi connectivity index (χ2v) is 8.67. The molecule has 0 aliphatic heterocycles. The Morgan fingerprint density at radius 2 is 1.33 bits per heavy atom. The van der Waals surface area contributed by atoms with Crippen LogP contribution in [0.4, 0.5) is 0 Å². The van der Waals surface area contributed by atoms with Crippen LogP contribution in [0.25, 0.3) is 0 Å². The van der Waals surface area contributed by atoms with Crippen LogP contribution < -0.4 is 68.9 Å². The maximum atomic E-state index is 11.3. The van der Waals surface area contributed by atoms with Crippen LogP contribution in [0.2, 0.25) is 0 Å². The van der Waals surface area contributed by atoms with Crippen molar-refractivity contribution in [3.63, 3.8) is 0 Å². The molecule has 15 heavy (non-hydrogen) atoms. The van der Waals surface area contributed by atoms with E-state index in [2.05, 4.69) is 9.05 Å². The van der Waals surface area contributed by atoms with Gasteiger partial charge in [-0.1, -0.05) is 23.2 Å². The van der Waals surface area contributed by atoms with Gasteiger partial charge in [0.15, 0.2) is 0 Å². The second kappa shape index (κ2) is 8.13. The van der Waals surface area contributed by atoms with Gasteiger partial charge in [0.25, 0.3) is 0 Å². The fraction of sp³-hybridized carbons (Fsp3) is 1.00. The van der Waals surface area contributed by atoms with Crippen LogP contribution in [0.5, 0.6) is 0 Å². The number of rotatable bonds is 4. The van der Waals surface area contributed by atoms with Crippen LogP contribution in [0.1, 0.15) is 0 Å². The predicted molar refractivity (Wildman–Crippen MR) is 43.7 cm³/mol. The van der Waals surface area contributed by atoms with Crippen molar-refractivity contribution >= 4 is 38.4 Å². The largest absolute Gasteiger partial charge is 1.00 e. The van der Waals surface area contributed by atoms with Crippen LogP contribution >= 0.6 is 38.4 Å². The van der Waals surface area contributed by atoms with E-state index in [1.165, 1.54) is 0 Å². The maximum absolute atomic E-state index is 11.3. The first-order chi connectivity index (χ1) is 5.62. The second-order valence-electron chi connectivity index (χ2n) is 1.87. The summed E-state index contributed by atoms with van der Waals surface area (Å²) in [6.45, 7) is 0. The smallest absolute Gasteiger partial charge is 0.808 e. The van der Waals surface area contributed by atoms with Gasteiger partial charge in [0.05, 0.1) is 0 Å². The molecule has 0 radical (unpaired) electrons. The van der Waals surface area contributed by atoms with E-state index < -0.39 is 19.0 Å². The zero-order valence-electron chi connectivity index (χ0n) is 8.60. The van der Waals surface area contributed by atoms with E-state index in [9.17, 15) is 18.9 Å². The van der Waals surface area contributed by atoms with Gasteiger partial charge in [0, 0.05) is 14.2 Å². The summed E-state index contributed by atoms with van der Waals surface area (Å²) in [5.41, 5.74) is 0. The third-order valence-corrected chi connectivity index (χ3v) is 7.37. The summed E-state index contributed by atoms with van der Waals surface area (Å²) < 4.78 is 27.1. The van der Waals surface area contributed by atoms with E-state index in [0.717, 1.165) is 14.2 Å². The summed E-state index contributed by atoms with van der Waals surface area (Å²) in [5, 5.41) is 0. The SMILES string of the molecule is COP(=O)(OC)C(Cl)(Cl)P(=O)([O-])[O-].[Na+].[Na+]. The molecule has 0 atom stereocenters. The Hall–Kier alpha value is 2.88. The summed E-state index contributed by atoms with van der Waals surface area (Å²) in [5.74, 6) is 0. The van der Waals surface area contributed by atoms with Crippen LogP contribution in [-0.2, 0) is 18.2 Å². The minimum atomic E-state index is -5.51. The molecule has 0 amide bonds. The van der Waals surface area contributed by atoms with Gasteiger partial charge in [-0.25, -0.2) is 0 Å². The summed E-state index contributed by atoms with van der Waals surface area (Å²) in [4.78, 5) is 21.0. The van der Waals surface area contributed by atoms with Crippen molar-refractivity contribution in [2.45, 2.75) is 3.82 Å². The van der Waals surface area contributed by atoms with E-state index in [1.54, 1.807) is 0 Å². The first-order valence-corrected chi connectivity index (χ1v) is 6.58. The van der Waals surface area contributed by atoms with Crippen LogP contribution in [0, 0.1) is 0 Å². The Bertz CT molecular complexity index is 272. The first kappa shape index (κ1) is 23.0. The molecule has 0 bridgehead atoms. The number of hydrogen-bond donors (Lipinski definition) is 0. The van der Waals surface area contributed by atoms with Crippen molar-refractivity contribution in [1.82, 2.24) is 0 Å². The van der Waals surface area contributed by atoms with Gasteiger partial charge in [0.2, 0.25) is 3.82 Å². The van der Waals surface area contributed by atoms with Gasteiger partial charge in [-0.3, -0.25) is 4.57 Å². The van der Waals surface area contributed by atoms with E-state index in [4.69, 9.17) is 23.2 Å². The Labute approximate surface area is 142 Å². The molecule has 0 N–H and O–H groups in total. The van der Waals surface area contributed by atoms with Gasteiger partial charge < -0.3 is 23.4 Å². The minimum Gasteiger partial charge on any atom is -0.808 e. The molecule has 0 aromatic rings. The number of hydrogen-bond acceptors (Lipinski definition) is 6. The van der Waals surface area contributed by atoms with E-state index in [-0.39, 0.29) is 59.1 Å². The topological polar surface area (TPSA) is 98.7 Å². The van der Waals surface area contributed by atoms with Crippen molar-refractivity contribution in [2.24, 2.45) is 0 Å². The zero-order valence-corrected chi connectivity index (χ0v) is 15.9. The molecule has 0 aliphatic rings. The molecule has 0 aromatic carbocycles. The molecular weight excluding hydrogens is 311 g/mol. The predicted octanol–water partition coefficient (Wildman–Crippen LogP) is -5.52. The molecule has 0 aromatic heterocycles. The fourth-order valence-corrected chi connectivity index (χ4v) is 3.55. The summed E-state index contributed by atoms with van der Waals surface area (Å²) in [7, 11) is -8.15. The van der Waals surface area contributed by atoms with Crippen molar-refractivity contribution in [1.29, 1.82) is 0 Å². The van der Waals surface area contributed by atoms with Crippen LogP contribution in [0.15, 0.2) is 0 Å². The van der Waals surface area contributed by atoms with Gasteiger partial charge in [-0.05, 0) is 7.60 Å². The Balaban J connectivity index is -0.000000720. The standard InChI is InChI=1S/C3H8Cl2O6P2.2Na/c1-10-13(9,11-2)3(4,5)12(6,7)8;;/h1-2H3,(H2,6,7,8);;/q;2*+1/p-2. The van der Waals surface area contributed by atoms with Gasteiger partial charge in [-0.2, -0.15) is 0 Å². The van der Waals surface area contributed by atoms with Crippen molar-refractivity contribution in [3.05, 3.63) is 0 Å². The molecule has 6 nitrogen and oxygen atoms in total. The molecule has 0 aliphatic carbocycles. The van der Waals surface area contributed by atoms with E-state index in [1.807, 2.05) is 0 Å². The molecule has 12 heteroatoms. The summed E-state index contributed by atoms with van der Waals surface area (Å²) >= 11 is 10.2. The summed E-state index contributed by atoms with van der Waals surface area (Å²) in [6.07, 6.45) is 0. The average Bonchev–Trinajstić information content (AvgIpc) is 2.00.